The Bertz CT molecular complexity index is 549. The van der Waals surface area contributed by atoms with E-state index in [0.717, 1.165) is 0 Å². The minimum atomic E-state index is -0.935. The highest BCUT2D eigenvalue weighted by atomic mass is 16.6. The van der Waals surface area contributed by atoms with Crippen LogP contribution in [0.25, 0.3) is 0 Å². The molecule has 0 aromatic heterocycles. The largest absolute Gasteiger partial charge is 0.478 e. The van der Waals surface area contributed by atoms with Crippen LogP contribution in [-0.4, -0.2) is 124 Å². The molecule has 0 aliphatic heterocycles. The molecule has 0 amide bonds. The molecule has 0 bridgehead atoms. The molecule has 0 saturated heterocycles. The number of ether oxygens (including phenoxy) is 7. The fourth-order valence-electron chi connectivity index (χ4n) is 2.31. The summed E-state index contributed by atoms with van der Waals surface area (Å²) in [5, 5.41) is 26.4. The van der Waals surface area contributed by atoms with Gasteiger partial charge < -0.3 is 48.5 Å². The SMILES string of the molecule is C=C(C)C(=O)O.COCC(O)COC(C)COC(C)COC(C)COC(C)COC(C)COC(C)CO. The Kier molecular flexibility index (Phi) is 24.6. The second kappa shape index (κ2) is 23.9. The molecule has 11 nitrogen and oxygen atoms in total. The van der Waals surface area contributed by atoms with Crippen molar-refractivity contribution in [1.82, 2.24) is 0 Å². The van der Waals surface area contributed by atoms with Gasteiger partial charge in [0, 0.05) is 12.7 Å². The Morgan fingerprint density at radius 2 is 0.919 bits per heavy atom. The van der Waals surface area contributed by atoms with Gasteiger partial charge in [0.1, 0.15) is 6.10 Å². The lowest BCUT2D eigenvalue weighted by atomic mass is 10.3. The number of hydrogen-bond donors (Lipinski definition) is 3. The molecule has 0 saturated carbocycles. The fourth-order valence-corrected chi connectivity index (χ4v) is 2.31. The van der Waals surface area contributed by atoms with E-state index < -0.39 is 12.1 Å². The quantitative estimate of drug-likeness (QED) is 0.174. The van der Waals surface area contributed by atoms with Gasteiger partial charge in [-0.2, -0.15) is 0 Å². The standard InChI is InChI=1S/C22H46O9.C4H6O2/c1-16(8-23)26-9-17(2)27-10-18(3)28-11-19(4)29-12-20(5)30-13-21(6)31-15-22(24)14-25-7;1-3(2)4(5)6/h16-24H,8-15H2,1-7H3;1H2,2H3,(H,5,6). The Labute approximate surface area is 223 Å². The molecule has 3 N–H and O–H groups in total. The van der Waals surface area contributed by atoms with Crippen LogP contribution in [0.3, 0.4) is 0 Å². The van der Waals surface area contributed by atoms with Crippen molar-refractivity contribution in [2.75, 3.05) is 60.0 Å². The molecule has 0 radical (unpaired) electrons. The van der Waals surface area contributed by atoms with E-state index in [9.17, 15) is 9.90 Å². The number of rotatable bonds is 22. The van der Waals surface area contributed by atoms with Gasteiger partial charge in [0.15, 0.2) is 0 Å². The number of carboxylic acid groups (broad SMARTS) is 1. The predicted octanol–water partition coefficient (Wildman–Crippen LogP) is 2.06. The lowest BCUT2D eigenvalue weighted by Gasteiger charge is -2.22. The molecule has 222 valence electrons. The lowest BCUT2D eigenvalue weighted by molar-refractivity contribution is -0.132. The molecule has 7 unspecified atom stereocenters. The normalized spacial score (nSPS) is 17.0. The minimum Gasteiger partial charge on any atom is -0.478 e. The number of aliphatic carboxylic acids is 1. The zero-order valence-corrected chi connectivity index (χ0v) is 24.0. The maximum Gasteiger partial charge on any atom is 0.330 e. The van der Waals surface area contributed by atoms with Crippen LogP contribution in [0, 0.1) is 0 Å². The van der Waals surface area contributed by atoms with Crippen molar-refractivity contribution >= 4 is 5.97 Å². The third kappa shape index (κ3) is 26.3. The molecular weight excluding hydrogens is 488 g/mol. The van der Waals surface area contributed by atoms with Crippen LogP contribution in [0.5, 0.6) is 0 Å². The first-order valence-electron chi connectivity index (χ1n) is 12.7. The summed E-state index contributed by atoms with van der Waals surface area (Å²) in [6, 6.07) is 0. The summed E-state index contributed by atoms with van der Waals surface area (Å²) in [7, 11) is 1.54. The maximum atomic E-state index is 9.60. The minimum absolute atomic E-state index is 0.000398. The molecule has 0 aliphatic carbocycles. The van der Waals surface area contributed by atoms with Gasteiger partial charge in [-0.15, -0.1) is 0 Å². The average molecular weight is 541 g/mol. The van der Waals surface area contributed by atoms with Gasteiger partial charge in [0.05, 0.1) is 89.5 Å². The zero-order chi connectivity index (χ0) is 28.8. The highest BCUT2D eigenvalue weighted by molar-refractivity contribution is 5.84. The van der Waals surface area contributed by atoms with E-state index in [1.54, 1.807) is 0 Å². The van der Waals surface area contributed by atoms with Gasteiger partial charge in [-0.3, -0.25) is 0 Å². The third-order valence-electron chi connectivity index (χ3n) is 4.63. The van der Waals surface area contributed by atoms with E-state index in [4.69, 9.17) is 43.4 Å². The van der Waals surface area contributed by atoms with Crippen molar-refractivity contribution in [2.24, 2.45) is 0 Å². The molecule has 7 atom stereocenters. The summed E-state index contributed by atoms with van der Waals surface area (Å²) in [6.07, 6.45) is -1.24. The number of carboxylic acids is 1. The molecule has 37 heavy (non-hydrogen) atoms. The molecule has 0 rings (SSSR count). The van der Waals surface area contributed by atoms with E-state index in [-0.39, 0.29) is 62.0 Å². The van der Waals surface area contributed by atoms with Crippen LogP contribution >= 0.6 is 0 Å². The van der Waals surface area contributed by atoms with Crippen molar-refractivity contribution in [3.63, 3.8) is 0 Å². The van der Waals surface area contributed by atoms with Gasteiger partial charge >= 0.3 is 5.97 Å². The van der Waals surface area contributed by atoms with Gasteiger partial charge in [0.25, 0.3) is 0 Å². The first-order chi connectivity index (χ1) is 17.3. The van der Waals surface area contributed by atoms with E-state index in [1.807, 2.05) is 41.5 Å². The molecular formula is C26H52O11. The lowest BCUT2D eigenvalue weighted by Crippen LogP contribution is -2.30. The van der Waals surface area contributed by atoms with E-state index in [0.29, 0.717) is 33.0 Å². The Hall–Kier alpha value is -1.15. The number of hydrogen-bond acceptors (Lipinski definition) is 10. The van der Waals surface area contributed by atoms with Gasteiger partial charge in [-0.05, 0) is 48.5 Å². The van der Waals surface area contributed by atoms with E-state index >= 15 is 0 Å². The Balaban J connectivity index is 0. The second-order valence-corrected chi connectivity index (χ2v) is 9.24. The number of aliphatic hydroxyl groups is 2. The smallest absolute Gasteiger partial charge is 0.330 e. The van der Waals surface area contributed by atoms with Crippen molar-refractivity contribution in [1.29, 1.82) is 0 Å². The molecule has 0 aromatic rings. The van der Waals surface area contributed by atoms with Crippen molar-refractivity contribution < 1.29 is 53.3 Å². The summed E-state index contributed by atoms with van der Waals surface area (Å²) in [5.41, 5.74) is 0.176. The summed E-state index contributed by atoms with van der Waals surface area (Å²) >= 11 is 0. The average Bonchev–Trinajstić information content (AvgIpc) is 2.85. The van der Waals surface area contributed by atoms with E-state index in [1.165, 1.54) is 14.0 Å². The molecule has 0 aromatic carbocycles. The molecule has 11 heteroatoms. The number of methoxy groups -OCH3 is 1. The summed E-state index contributed by atoms with van der Waals surface area (Å²) < 4.78 is 38.8. The molecule has 0 aliphatic rings. The number of carbonyl (C=O) groups is 1. The maximum absolute atomic E-state index is 9.60. The second-order valence-electron chi connectivity index (χ2n) is 9.24. The summed E-state index contributed by atoms with van der Waals surface area (Å²) in [4.78, 5) is 9.60. The fraction of sp³-hybridized carbons (Fsp3) is 0.885. The van der Waals surface area contributed by atoms with Crippen LogP contribution in [0.2, 0.25) is 0 Å². The summed E-state index contributed by atoms with van der Waals surface area (Å²) in [6.45, 7) is 18.8. The number of aliphatic hydroxyl groups excluding tert-OH is 2. The first-order valence-corrected chi connectivity index (χ1v) is 12.7. The molecule has 0 heterocycles. The Morgan fingerprint density at radius 1 is 0.649 bits per heavy atom. The van der Waals surface area contributed by atoms with Crippen molar-refractivity contribution in [3.8, 4) is 0 Å². The van der Waals surface area contributed by atoms with Gasteiger partial charge in [0.2, 0.25) is 0 Å². The van der Waals surface area contributed by atoms with Crippen LogP contribution in [0.1, 0.15) is 48.5 Å². The highest BCUT2D eigenvalue weighted by Gasteiger charge is 2.14. The van der Waals surface area contributed by atoms with Crippen LogP contribution in [0.4, 0.5) is 0 Å². The first kappa shape index (κ1) is 38.0. The van der Waals surface area contributed by atoms with Gasteiger partial charge in [-0.25, -0.2) is 4.79 Å². The zero-order valence-electron chi connectivity index (χ0n) is 24.0. The van der Waals surface area contributed by atoms with Gasteiger partial charge in [-0.1, -0.05) is 6.58 Å². The van der Waals surface area contributed by atoms with Crippen molar-refractivity contribution in [2.45, 2.75) is 91.2 Å². The monoisotopic (exact) mass is 540 g/mol. The van der Waals surface area contributed by atoms with Crippen LogP contribution in [-0.2, 0) is 38.0 Å². The van der Waals surface area contributed by atoms with Crippen molar-refractivity contribution in [3.05, 3.63) is 12.2 Å². The highest BCUT2D eigenvalue weighted by Crippen LogP contribution is 2.04. The van der Waals surface area contributed by atoms with Crippen LogP contribution < -0.4 is 0 Å². The predicted molar refractivity (Wildman–Crippen MR) is 140 cm³/mol. The third-order valence-corrected chi connectivity index (χ3v) is 4.63. The topological polar surface area (TPSA) is 142 Å². The van der Waals surface area contributed by atoms with Crippen LogP contribution in [0.15, 0.2) is 12.2 Å². The molecule has 0 fully saturated rings. The Morgan fingerprint density at radius 3 is 1.16 bits per heavy atom. The van der Waals surface area contributed by atoms with E-state index in [2.05, 4.69) is 6.58 Å². The summed E-state index contributed by atoms with van der Waals surface area (Å²) in [5.74, 6) is -0.935. The molecule has 0 spiro atoms.